The van der Waals surface area contributed by atoms with Crippen molar-refractivity contribution in [1.82, 2.24) is 9.78 Å². The van der Waals surface area contributed by atoms with E-state index in [1.807, 2.05) is 0 Å². The van der Waals surface area contributed by atoms with Gasteiger partial charge in [0.25, 0.3) is 0 Å². The minimum atomic E-state index is -0.901. The second-order valence-electron chi connectivity index (χ2n) is 4.41. The molecular weight excluding hydrogens is 228 g/mol. The number of amides is 1. The van der Waals surface area contributed by atoms with Gasteiger partial charge >= 0.3 is 0 Å². The number of carbonyl (C=O) groups is 1. The molecule has 88 valence electrons. The van der Waals surface area contributed by atoms with E-state index in [1.54, 1.807) is 17.1 Å². The summed E-state index contributed by atoms with van der Waals surface area (Å²) in [5.41, 5.74) is 10.4. The van der Waals surface area contributed by atoms with Crippen LogP contribution in [0.1, 0.15) is 31.7 Å². The molecule has 5 nitrogen and oxygen atoms in total. The third-order valence-electron chi connectivity index (χ3n) is 3.19. The van der Waals surface area contributed by atoms with Gasteiger partial charge in [-0.1, -0.05) is 11.6 Å². The summed E-state index contributed by atoms with van der Waals surface area (Å²) >= 11 is 5.81. The largest absolute Gasteiger partial charge is 0.368 e. The first-order valence-corrected chi connectivity index (χ1v) is 5.67. The summed E-state index contributed by atoms with van der Waals surface area (Å²) in [5.74, 6) is -0.435. The molecule has 0 aliphatic heterocycles. The molecule has 2 atom stereocenters. The average Bonchev–Trinajstić information content (AvgIpc) is 2.65. The van der Waals surface area contributed by atoms with E-state index in [1.165, 1.54) is 0 Å². The van der Waals surface area contributed by atoms with E-state index in [0.29, 0.717) is 17.9 Å². The molecule has 1 amide bonds. The minimum Gasteiger partial charge on any atom is -0.368 e. The molecule has 0 saturated heterocycles. The predicted octanol–water partition coefficient (Wildman–Crippen LogP) is 0.834. The van der Waals surface area contributed by atoms with Crippen molar-refractivity contribution in [3.05, 3.63) is 17.4 Å². The summed E-state index contributed by atoms with van der Waals surface area (Å²) in [6.45, 7) is 0. The highest BCUT2D eigenvalue weighted by Crippen LogP contribution is 2.33. The molecule has 1 heterocycles. The maximum absolute atomic E-state index is 11.3. The van der Waals surface area contributed by atoms with Gasteiger partial charge in [-0.05, 0) is 25.7 Å². The molecule has 1 aliphatic carbocycles. The second-order valence-corrected chi connectivity index (χ2v) is 4.85. The zero-order chi connectivity index (χ0) is 11.8. The normalized spacial score (nSPS) is 30.2. The number of halogens is 1. The first-order valence-electron chi connectivity index (χ1n) is 5.30. The molecule has 0 spiro atoms. The molecule has 2 rings (SSSR count). The maximum atomic E-state index is 11.3. The molecule has 1 fully saturated rings. The molecule has 1 saturated carbocycles. The Hall–Kier alpha value is -1.07. The molecule has 1 aromatic heterocycles. The number of hydrogen-bond acceptors (Lipinski definition) is 3. The minimum absolute atomic E-state index is 0.110. The molecule has 2 unspecified atom stereocenters. The highest BCUT2D eigenvalue weighted by molar-refractivity contribution is 6.30. The number of aromatic nitrogens is 2. The quantitative estimate of drug-likeness (QED) is 0.806. The zero-order valence-corrected chi connectivity index (χ0v) is 9.65. The summed E-state index contributed by atoms with van der Waals surface area (Å²) in [6, 6.07) is 0.110. The third-order valence-corrected chi connectivity index (χ3v) is 3.39. The standard InChI is InChI=1S/C10H15ClN4O/c11-7-5-14-15(6-7)8-2-1-3-10(13,4-8)9(12)16/h5-6,8H,1-4,13H2,(H2,12,16). The van der Waals surface area contributed by atoms with Gasteiger partial charge in [0.2, 0.25) is 5.91 Å². The number of carbonyl (C=O) groups excluding carboxylic acids is 1. The van der Waals surface area contributed by atoms with Gasteiger partial charge in [0.05, 0.1) is 22.8 Å². The van der Waals surface area contributed by atoms with Gasteiger partial charge in [-0.2, -0.15) is 5.10 Å². The Morgan fingerprint density at radius 1 is 1.69 bits per heavy atom. The van der Waals surface area contributed by atoms with E-state index in [-0.39, 0.29) is 6.04 Å². The topological polar surface area (TPSA) is 86.9 Å². The first-order chi connectivity index (χ1) is 7.51. The predicted molar refractivity (Wildman–Crippen MR) is 60.9 cm³/mol. The van der Waals surface area contributed by atoms with Gasteiger partial charge in [-0.3, -0.25) is 9.48 Å². The van der Waals surface area contributed by atoms with Crippen LogP contribution in [0.2, 0.25) is 5.02 Å². The Morgan fingerprint density at radius 2 is 2.44 bits per heavy atom. The highest BCUT2D eigenvalue weighted by Gasteiger charge is 2.38. The van der Waals surface area contributed by atoms with Crippen LogP contribution in [0.3, 0.4) is 0 Å². The van der Waals surface area contributed by atoms with Crippen molar-refractivity contribution in [2.45, 2.75) is 37.3 Å². The fraction of sp³-hybridized carbons (Fsp3) is 0.600. The first kappa shape index (κ1) is 11.4. The summed E-state index contributed by atoms with van der Waals surface area (Å²) in [6.07, 6.45) is 6.33. The molecule has 16 heavy (non-hydrogen) atoms. The Bertz CT molecular complexity index is 405. The lowest BCUT2D eigenvalue weighted by Crippen LogP contribution is -2.54. The smallest absolute Gasteiger partial charge is 0.237 e. The van der Waals surface area contributed by atoms with Gasteiger partial charge in [0.1, 0.15) is 0 Å². The fourth-order valence-corrected chi connectivity index (χ4v) is 2.39. The van der Waals surface area contributed by atoms with Crippen LogP contribution in [0, 0.1) is 0 Å². The Morgan fingerprint density at radius 3 is 3.00 bits per heavy atom. The van der Waals surface area contributed by atoms with Crippen molar-refractivity contribution in [2.75, 3.05) is 0 Å². The highest BCUT2D eigenvalue weighted by atomic mass is 35.5. The van der Waals surface area contributed by atoms with Crippen LogP contribution in [-0.4, -0.2) is 21.2 Å². The van der Waals surface area contributed by atoms with Crippen LogP contribution in [0.15, 0.2) is 12.4 Å². The number of nitrogens with zero attached hydrogens (tertiary/aromatic N) is 2. The van der Waals surface area contributed by atoms with Crippen molar-refractivity contribution in [3.8, 4) is 0 Å². The molecule has 6 heteroatoms. The number of primary amides is 1. The van der Waals surface area contributed by atoms with Crippen LogP contribution in [0.5, 0.6) is 0 Å². The van der Waals surface area contributed by atoms with E-state index in [0.717, 1.165) is 12.8 Å². The lowest BCUT2D eigenvalue weighted by Gasteiger charge is -2.35. The monoisotopic (exact) mass is 242 g/mol. The SMILES string of the molecule is NC(=O)C1(N)CCCC(n2cc(Cl)cn2)C1. The third kappa shape index (κ3) is 2.05. The molecule has 4 N–H and O–H groups in total. The van der Waals surface area contributed by atoms with Crippen molar-refractivity contribution >= 4 is 17.5 Å². The van der Waals surface area contributed by atoms with Crippen LogP contribution in [-0.2, 0) is 4.79 Å². The van der Waals surface area contributed by atoms with Gasteiger partial charge in [-0.25, -0.2) is 0 Å². The maximum Gasteiger partial charge on any atom is 0.237 e. The van der Waals surface area contributed by atoms with Gasteiger partial charge in [0.15, 0.2) is 0 Å². The molecule has 1 aromatic rings. The molecule has 0 radical (unpaired) electrons. The van der Waals surface area contributed by atoms with Crippen molar-refractivity contribution in [1.29, 1.82) is 0 Å². The van der Waals surface area contributed by atoms with Crippen LogP contribution in [0.25, 0.3) is 0 Å². The molecule has 1 aliphatic rings. The van der Waals surface area contributed by atoms with E-state index < -0.39 is 11.4 Å². The second kappa shape index (κ2) is 4.07. The van der Waals surface area contributed by atoms with Crippen molar-refractivity contribution in [3.63, 3.8) is 0 Å². The summed E-state index contributed by atoms with van der Waals surface area (Å²) in [4.78, 5) is 11.3. The number of rotatable bonds is 2. The summed E-state index contributed by atoms with van der Waals surface area (Å²) < 4.78 is 1.77. The zero-order valence-electron chi connectivity index (χ0n) is 8.90. The average molecular weight is 243 g/mol. The summed E-state index contributed by atoms with van der Waals surface area (Å²) in [5, 5.41) is 4.73. The lowest BCUT2D eigenvalue weighted by molar-refractivity contribution is -0.124. The van der Waals surface area contributed by atoms with Crippen LogP contribution in [0.4, 0.5) is 0 Å². The fourth-order valence-electron chi connectivity index (χ4n) is 2.24. The Kier molecular flexibility index (Phi) is 2.90. The van der Waals surface area contributed by atoms with Crippen molar-refractivity contribution < 1.29 is 4.79 Å². The summed E-state index contributed by atoms with van der Waals surface area (Å²) in [7, 11) is 0. The van der Waals surface area contributed by atoms with Gasteiger partial charge < -0.3 is 11.5 Å². The van der Waals surface area contributed by atoms with Crippen LogP contribution >= 0.6 is 11.6 Å². The number of hydrogen-bond donors (Lipinski definition) is 2. The Labute approximate surface area is 98.7 Å². The van der Waals surface area contributed by atoms with E-state index in [2.05, 4.69) is 5.10 Å². The van der Waals surface area contributed by atoms with Gasteiger partial charge in [0, 0.05) is 6.20 Å². The molecule has 0 aromatic carbocycles. The lowest BCUT2D eigenvalue weighted by atomic mass is 9.79. The Balaban J connectivity index is 2.16. The van der Waals surface area contributed by atoms with E-state index in [4.69, 9.17) is 23.1 Å². The molecular formula is C10H15ClN4O. The van der Waals surface area contributed by atoms with Crippen LogP contribution < -0.4 is 11.5 Å². The van der Waals surface area contributed by atoms with Crippen molar-refractivity contribution in [2.24, 2.45) is 11.5 Å². The number of nitrogens with two attached hydrogens (primary N) is 2. The van der Waals surface area contributed by atoms with E-state index >= 15 is 0 Å². The van der Waals surface area contributed by atoms with E-state index in [9.17, 15) is 4.79 Å². The molecule has 0 bridgehead atoms. The van der Waals surface area contributed by atoms with Gasteiger partial charge in [-0.15, -0.1) is 0 Å².